The highest BCUT2D eigenvalue weighted by Gasteiger charge is 2.21. The molecule has 1 saturated heterocycles. The second kappa shape index (κ2) is 7.84. The topological polar surface area (TPSA) is 80.0 Å². The summed E-state index contributed by atoms with van der Waals surface area (Å²) >= 11 is 0. The smallest absolute Gasteiger partial charge is 0.151 e. The SMILES string of the molecule is CC(O)c1cn(CC2CCN(c3ccc(-c4ccccc4)nn3)CC2)nn1. The molecule has 140 valence electrons. The van der Waals surface area contributed by atoms with E-state index in [2.05, 4.69) is 31.5 Å². The van der Waals surface area contributed by atoms with E-state index in [1.54, 1.807) is 6.92 Å². The van der Waals surface area contributed by atoms with Crippen molar-refractivity contribution in [3.63, 3.8) is 0 Å². The summed E-state index contributed by atoms with van der Waals surface area (Å²) in [5.74, 6) is 1.49. The van der Waals surface area contributed by atoms with Gasteiger partial charge >= 0.3 is 0 Å². The molecule has 1 aliphatic heterocycles. The zero-order valence-electron chi connectivity index (χ0n) is 15.4. The van der Waals surface area contributed by atoms with Gasteiger partial charge in [0.25, 0.3) is 0 Å². The van der Waals surface area contributed by atoms with Crippen LogP contribution in [0, 0.1) is 5.92 Å². The third kappa shape index (κ3) is 4.14. The van der Waals surface area contributed by atoms with Crippen LogP contribution in [-0.2, 0) is 6.54 Å². The molecule has 0 bridgehead atoms. The molecule has 0 amide bonds. The van der Waals surface area contributed by atoms with Crippen LogP contribution in [-0.4, -0.2) is 43.4 Å². The molecule has 1 N–H and O–H groups in total. The predicted octanol–water partition coefficient (Wildman–Crippen LogP) is 2.71. The van der Waals surface area contributed by atoms with Gasteiger partial charge in [0, 0.05) is 25.2 Å². The molecule has 4 rings (SSSR count). The fourth-order valence-electron chi connectivity index (χ4n) is 3.46. The minimum atomic E-state index is -0.571. The molecule has 27 heavy (non-hydrogen) atoms. The Morgan fingerprint density at radius 1 is 1.04 bits per heavy atom. The first kappa shape index (κ1) is 17.6. The lowest BCUT2D eigenvalue weighted by molar-refractivity contribution is 0.194. The van der Waals surface area contributed by atoms with E-state index in [4.69, 9.17) is 0 Å². The second-order valence-corrected chi connectivity index (χ2v) is 7.11. The highest BCUT2D eigenvalue weighted by atomic mass is 16.3. The van der Waals surface area contributed by atoms with Gasteiger partial charge in [0.2, 0.25) is 0 Å². The van der Waals surface area contributed by atoms with E-state index in [9.17, 15) is 5.11 Å². The summed E-state index contributed by atoms with van der Waals surface area (Å²) in [6, 6.07) is 14.2. The van der Waals surface area contributed by atoms with Gasteiger partial charge in [-0.2, -0.15) is 0 Å². The van der Waals surface area contributed by atoms with E-state index in [1.807, 2.05) is 47.3 Å². The fourth-order valence-corrected chi connectivity index (χ4v) is 3.46. The van der Waals surface area contributed by atoms with Crippen LogP contribution >= 0.6 is 0 Å². The van der Waals surface area contributed by atoms with Crippen LogP contribution in [0.3, 0.4) is 0 Å². The largest absolute Gasteiger partial charge is 0.387 e. The molecule has 1 fully saturated rings. The van der Waals surface area contributed by atoms with Crippen LogP contribution in [0.15, 0.2) is 48.7 Å². The Bertz CT molecular complexity index is 854. The zero-order valence-corrected chi connectivity index (χ0v) is 15.4. The first-order valence-corrected chi connectivity index (χ1v) is 9.41. The summed E-state index contributed by atoms with van der Waals surface area (Å²) < 4.78 is 1.84. The third-order valence-electron chi connectivity index (χ3n) is 5.09. The number of aromatic nitrogens is 5. The van der Waals surface area contributed by atoms with Crippen LogP contribution in [0.1, 0.15) is 31.6 Å². The van der Waals surface area contributed by atoms with Crippen molar-refractivity contribution in [2.45, 2.75) is 32.4 Å². The Morgan fingerprint density at radius 2 is 1.81 bits per heavy atom. The molecular formula is C20H24N6O. The third-order valence-corrected chi connectivity index (χ3v) is 5.09. The van der Waals surface area contributed by atoms with E-state index in [1.165, 1.54) is 0 Å². The van der Waals surface area contributed by atoms with Gasteiger partial charge in [-0.1, -0.05) is 35.5 Å². The van der Waals surface area contributed by atoms with Crippen molar-refractivity contribution < 1.29 is 5.11 Å². The Morgan fingerprint density at radius 3 is 2.44 bits per heavy atom. The summed E-state index contributed by atoms with van der Waals surface area (Å²) in [5.41, 5.74) is 2.61. The standard InChI is InChI=1S/C20H24N6O/c1-15(27)19-14-26(24-22-19)13-16-9-11-25(12-10-16)20-8-7-18(21-23-20)17-5-3-2-4-6-17/h2-8,14-16,27H,9-13H2,1H3. The number of hydrogen-bond acceptors (Lipinski definition) is 6. The average Bonchev–Trinajstić information content (AvgIpc) is 3.18. The normalized spacial score (nSPS) is 16.4. The monoisotopic (exact) mass is 364 g/mol. The number of anilines is 1. The van der Waals surface area contributed by atoms with Gasteiger partial charge in [-0.25, -0.2) is 0 Å². The van der Waals surface area contributed by atoms with Gasteiger partial charge < -0.3 is 10.0 Å². The van der Waals surface area contributed by atoms with Crippen LogP contribution in [0.25, 0.3) is 11.3 Å². The average molecular weight is 364 g/mol. The quantitative estimate of drug-likeness (QED) is 0.750. The minimum Gasteiger partial charge on any atom is -0.387 e. The molecule has 3 aromatic rings. The van der Waals surface area contributed by atoms with Crippen molar-refractivity contribution in [1.29, 1.82) is 0 Å². The Labute approximate surface area is 158 Å². The minimum absolute atomic E-state index is 0.557. The van der Waals surface area contributed by atoms with Crippen LogP contribution in [0.2, 0.25) is 0 Å². The van der Waals surface area contributed by atoms with Gasteiger partial charge in [0.05, 0.1) is 18.0 Å². The van der Waals surface area contributed by atoms with Crippen molar-refractivity contribution in [3.8, 4) is 11.3 Å². The molecular weight excluding hydrogens is 340 g/mol. The van der Waals surface area contributed by atoms with Gasteiger partial charge in [-0.15, -0.1) is 15.3 Å². The Balaban J connectivity index is 1.33. The summed E-state index contributed by atoms with van der Waals surface area (Å²) in [5, 5.41) is 26.5. The van der Waals surface area contributed by atoms with Gasteiger partial charge in [-0.05, 0) is 37.8 Å². The Hall–Kier alpha value is -2.80. The van der Waals surface area contributed by atoms with Crippen LogP contribution < -0.4 is 4.90 Å². The molecule has 2 aromatic heterocycles. The number of hydrogen-bond donors (Lipinski definition) is 1. The van der Waals surface area contributed by atoms with E-state index < -0.39 is 6.10 Å². The predicted molar refractivity (Wildman–Crippen MR) is 103 cm³/mol. The molecule has 0 spiro atoms. The first-order valence-electron chi connectivity index (χ1n) is 9.41. The molecule has 0 aliphatic carbocycles. The fraction of sp³-hybridized carbons (Fsp3) is 0.400. The van der Waals surface area contributed by atoms with Crippen molar-refractivity contribution in [1.82, 2.24) is 25.2 Å². The van der Waals surface area contributed by atoms with Crippen LogP contribution in [0.5, 0.6) is 0 Å². The Kier molecular flexibility index (Phi) is 5.11. The number of nitrogens with zero attached hydrogens (tertiary/aromatic N) is 6. The molecule has 3 heterocycles. The van der Waals surface area contributed by atoms with Crippen molar-refractivity contribution in [3.05, 3.63) is 54.4 Å². The first-order chi connectivity index (χ1) is 13.2. The van der Waals surface area contributed by atoms with E-state index in [-0.39, 0.29) is 0 Å². The van der Waals surface area contributed by atoms with Crippen molar-refractivity contribution in [2.75, 3.05) is 18.0 Å². The lowest BCUT2D eigenvalue weighted by Gasteiger charge is -2.32. The van der Waals surface area contributed by atoms with Gasteiger partial charge in [-0.3, -0.25) is 4.68 Å². The van der Waals surface area contributed by atoms with Crippen LogP contribution in [0.4, 0.5) is 5.82 Å². The maximum Gasteiger partial charge on any atom is 0.151 e. The van der Waals surface area contributed by atoms with E-state index in [0.717, 1.165) is 49.6 Å². The summed E-state index contributed by atoms with van der Waals surface area (Å²) in [7, 11) is 0. The summed E-state index contributed by atoms with van der Waals surface area (Å²) in [6.07, 6.45) is 3.42. The highest BCUT2D eigenvalue weighted by molar-refractivity contribution is 5.59. The number of aliphatic hydroxyl groups excluding tert-OH is 1. The van der Waals surface area contributed by atoms with E-state index >= 15 is 0 Å². The molecule has 7 heteroatoms. The van der Waals surface area contributed by atoms with Crippen molar-refractivity contribution >= 4 is 5.82 Å². The molecule has 0 radical (unpaired) electrons. The maximum absolute atomic E-state index is 9.56. The lowest BCUT2D eigenvalue weighted by Crippen LogP contribution is -2.35. The molecule has 7 nitrogen and oxygen atoms in total. The summed E-state index contributed by atoms with van der Waals surface area (Å²) in [6.45, 7) is 4.47. The maximum atomic E-state index is 9.56. The number of piperidine rings is 1. The molecule has 1 aromatic carbocycles. The molecule has 0 saturated carbocycles. The molecule has 1 aliphatic rings. The number of aliphatic hydroxyl groups is 1. The molecule has 1 atom stereocenters. The highest BCUT2D eigenvalue weighted by Crippen LogP contribution is 2.24. The zero-order chi connectivity index (χ0) is 18.6. The number of benzene rings is 1. The van der Waals surface area contributed by atoms with Gasteiger partial charge in [0.15, 0.2) is 5.82 Å². The molecule has 1 unspecified atom stereocenters. The van der Waals surface area contributed by atoms with Crippen molar-refractivity contribution in [2.24, 2.45) is 5.92 Å². The van der Waals surface area contributed by atoms with E-state index in [0.29, 0.717) is 11.6 Å². The van der Waals surface area contributed by atoms with Gasteiger partial charge in [0.1, 0.15) is 5.69 Å². The number of rotatable bonds is 5. The summed E-state index contributed by atoms with van der Waals surface area (Å²) in [4.78, 5) is 2.29. The second-order valence-electron chi connectivity index (χ2n) is 7.11. The lowest BCUT2D eigenvalue weighted by atomic mass is 9.97.